The van der Waals surface area contributed by atoms with Gasteiger partial charge in [0.05, 0.1) is 11.6 Å². The van der Waals surface area contributed by atoms with Crippen LogP contribution in [0.25, 0.3) is 16.7 Å². The second-order valence-electron chi connectivity index (χ2n) is 9.76. The Kier molecular flexibility index (Phi) is 5.59. The van der Waals surface area contributed by atoms with Gasteiger partial charge < -0.3 is 9.84 Å². The Labute approximate surface area is 208 Å². The normalized spacial score (nSPS) is 20.4. The number of carboxylic acids is 1. The van der Waals surface area contributed by atoms with Crippen LogP contribution in [0, 0.1) is 5.82 Å². The van der Waals surface area contributed by atoms with Gasteiger partial charge in [0.2, 0.25) is 0 Å². The van der Waals surface area contributed by atoms with Gasteiger partial charge >= 0.3 is 12.1 Å². The summed E-state index contributed by atoms with van der Waals surface area (Å²) in [6.45, 7) is 0.277. The zero-order chi connectivity index (χ0) is 24.8. The van der Waals surface area contributed by atoms with Gasteiger partial charge in [-0.1, -0.05) is 60.7 Å². The highest BCUT2D eigenvalue weighted by Crippen LogP contribution is 2.45. The van der Waals surface area contributed by atoms with E-state index in [1.165, 1.54) is 34.4 Å². The smallest absolute Gasteiger partial charge is 0.410 e. The average Bonchev–Trinajstić information content (AvgIpc) is 3.20. The summed E-state index contributed by atoms with van der Waals surface area (Å²) >= 11 is 0. The Hall–Kier alpha value is -3.93. The Morgan fingerprint density at radius 1 is 0.972 bits per heavy atom. The molecule has 2 unspecified atom stereocenters. The van der Waals surface area contributed by atoms with Crippen LogP contribution in [0.2, 0.25) is 0 Å². The molecule has 0 spiro atoms. The second kappa shape index (κ2) is 8.94. The van der Waals surface area contributed by atoms with Crippen molar-refractivity contribution < 1.29 is 23.8 Å². The first-order chi connectivity index (χ1) is 17.5. The highest BCUT2D eigenvalue weighted by atomic mass is 19.1. The summed E-state index contributed by atoms with van der Waals surface area (Å²) < 4.78 is 19.9. The molecule has 182 valence electrons. The molecular weight excluding hydrogens is 457 g/mol. The lowest BCUT2D eigenvalue weighted by molar-refractivity contribution is 0.0538. The molecule has 1 fully saturated rings. The SMILES string of the molecule is O=C(O)c1cc(C2=CC3CCCC(C2)N3C(=O)OCC2c3ccccc3-c3ccccc32)ccc1F. The third-order valence-electron chi connectivity index (χ3n) is 7.75. The van der Waals surface area contributed by atoms with Crippen molar-refractivity contribution in [3.8, 4) is 11.1 Å². The zero-order valence-corrected chi connectivity index (χ0v) is 19.7. The van der Waals surface area contributed by atoms with E-state index in [0.29, 0.717) is 12.0 Å². The number of carbonyl (C=O) groups excluding carboxylic acids is 1. The standard InChI is InChI=1S/C30H26FNO4/c31-28-13-12-18(16-26(28)29(33)34)19-14-20-6-5-7-21(15-19)32(20)30(35)36-17-27-24-10-3-1-8-22(24)23-9-2-4-11-25(23)27/h1-4,8-14,16,20-21,27H,5-7,15,17H2,(H,33,34). The average molecular weight is 484 g/mol. The molecule has 2 bridgehead atoms. The van der Waals surface area contributed by atoms with E-state index in [4.69, 9.17) is 4.74 Å². The fraction of sp³-hybridized carbons (Fsp3) is 0.267. The molecule has 2 atom stereocenters. The number of aromatic carboxylic acids is 1. The van der Waals surface area contributed by atoms with Gasteiger partial charge in [-0.3, -0.25) is 4.90 Å². The number of nitrogens with zero attached hydrogens (tertiary/aromatic N) is 1. The second-order valence-corrected chi connectivity index (χ2v) is 9.76. The van der Waals surface area contributed by atoms with E-state index >= 15 is 0 Å². The molecule has 3 aliphatic rings. The van der Waals surface area contributed by atoms with Crippen LogP contribution in [0.5, 0.6) is 0 Å². The number of carbonyl (C=O) groups is 2. The lowest BCUT2D eigenvalue weighted by Gasteiger charge is -2.44. The molecule has 1 N–H and O–H groups in total. The number of fused-ring (bicyclic) bond motifs is 5. The summed E-state index contributed by atoms with van der Waals surface area (Å²) in [5.74, 6) is -2.03. The number of carboxylic acid groups (broad SMARTS) is 1. The predicted molar refractivity (Wildman–Crippen MR) is 134 cm³/mol. The number of rotatable bonds is 4. The number of amides is 1. The number of halogens is 1. The summed E-state index contributed by atoms with van der Waals surface area (Å²) in [6.07, 6.45) is 4.98. The molecule has 0 radical (unpaired) electrons. The first kappa shape index (κ1) is 22.5. The van der Waals surface area contributed by atoms with Gasteiger partial charge in [-0.15, -0.1) is 0 Å². The molecule has 2 heterocycles. The van der Waals surface area contributed by atoms with Crippen LogP contribution >= 0.6 is 0 Å². The van der Waals surface area contributed by atoms with Crippen LogP contribution < -0.4 is 0 Å². The first-order valence-corrected chi connectivity index (χ1v) is 12.4. The molecule has 0 saturated carbocycles. The van der Waals surface area contributed by atoms with Gasteiger partial charge in [-0.05, 0) is 71.2 Å². The van der Waals surface area contributed by atoms with Crippen molar-refractivity contribution in [2.45, 2.75) is 43.7 Å². The lowest BCUT2D eigenvalue weighted by atomic mass is 9.83. The molecule has 1 saturated heterocycles. The summed E-state index contributed by atoms with van der Waals surface area (Å²) in [4.78, 5) is 26.6. The molecular formula is C30H26FNO4. The third-order valence-corrected chi connectivity index (χ3v) is 7.75. The summed E-state index contributed by atoms with van der Waals surface area (Å²) in [5.41, 5.74) is 6.05. The molecule has 2 aliphatic heterocycles. The monoisotopic (exact) mass is 483 g/mol. The minimum atomic E-state index is -1.29. The van der Waals surface area contributed by atoms with E-state index in [1.54, 1.807) is 6.07 Å². The maximum absolute atomic E-state index is 13.9. The van der Waals surface area contributed by atoms with E-state index in [0.717, 1.165) is 24.8 Å². The fourth-order valence-corrected chi connectivity index (χ4v) is 6.09. The van der Waals surface area contributed by atoms with Crippen molar-refractivity contribution in [2.24, 2.45) is 0 Å². The van der Waals surface area contributed by atoms with Crippen LogP contribution in [-0.2, 0) is 4.74 Å². The minimum Gasteiger partial charge on any atom is -0.478 e. The van der Waals surface area contributed by atoms with E-state index in [2.05, 4.69) is 24.3 Å². The number of hydrogen-bond acceptors (Lipinski definition) is 3. The number of benzene rings is 3. The molecule has 1 amide bonds. The molecule has 3 aromatic rings. The summed E-state index contributed by atoms with van der Waals surface area (Å²) in [5, 5.41) is 9.31. The first-order valence-electron chi connectivity index (χ1n) is 12.4. The van der Waals surface area contributed by atoms with Crippen molar-refractivity contribution >= 4 is 17.6 Å². The van der Waals surface area contributed by atoms with Gasteiger partial charge in [-0.2, -0.15) is 0 Å². The molecule has 0 aromatic heterocycles. The fourth-order valence-electron chi connectivity index (χ4n) is 6.09. The highest BCUT2D eigenvalue weighted by molar-refractivity contribution is 5.89. The van der Waals surface area contributed by atoms with Crippen molar-refractivity contribution in [3.05, 3.63) is 101 Å². The van der Waals surface area contributed by atoms with Crippen LogP contribution in [-0.4, -0.2) is 40.8 Å². The van der Waals surface area contributed by atoms with Crippen LogP contribution in [0.15, 0.2) is 72.8 Å². The van der Waals surface area contributed by atoms with E-state index in [1.807, 2.05) is 35.2 Å². The highest BCUT2D eigenvalue weighted by Gasteiger charge is 2.39. The Morgan fingerprint density at radius 2 is 1.67 bits per heavy atom. The predicted octanol–water partition coefficient (Wildman–Crippen LogP) is 6.48. The Bertz CT molecular complexity index is 1350. The van der Waals surface area contributed by atoms with Crippen molar-refractivity contribution in [3.63, 3.8) is 0 Å². The van der Waals surface area contributed by atoms with E-state index < -0.39 is 11.8 Å². The van der Waals surface area contributed by atoms with Crippen LogP contribution in [0.3, 0.4) is 0 Å². The number of hydrogen-bond donors (Lipinski definition) is 1. The Balaban J connectivity index is 1.22. The molecule has 5 nitrogen and oxygen atoms in total. The molecule has 6 heteroatoms. The zero-order valence-electron chi connectivity index (χ0n) is 19.7. The largest absolute Gasteiger partial charge is 0.478 e. The van der Waals surface area contributed by atoms with Crippen LogP contribution in [0.4, 0.5) is 9.18 Å². The quantitative estimate of drug-likeness (QED) is 0.461. The maximum atomic E-state index is 13.9. The van der Waals surface area contributed by atoms with Gasteiger partial charge in [0.15, 0.2) is 0 Å². The van der Waals surface area contributed by atoms with Crippen molar-refractivity contribution in [1.29, 1.82) is 0 Å². The number of ether oxygens (including phenoxy) is 1. The van der Waals surface area contributed by atoms with Crippen LogP contribution in [0.1, 0.15) is 58.6 Å². The third kappa shape index (κ3) is 3.77. The topological polar surface area (TPSA) is 66.8 Å². The van der Waals surface area contributed by atoms with Gasteiger partial charge in [0.1, 0.15) is 12.4 Å². The molecule has 3 aromatic carbocycles. The maximum Gasteiger partial charge on any atom is 0.410 e. The van der Waals surface area contributed by atoms with Crippen molar-refractivity contribution in [2.75, 3.05) is 6.61 Å². The van der Waals surface area contributed by atoms with Gasteiger partial charge in [-0.25, -0.2) is 14.0 Å². The molecule has 6 rings (SSSR count). The Morgan fingerprint density at radius 3 is 2.33 bits per heavy atom. The van der Waals surface area contributed by atoms with Gasteiger partial charge in [0.25, 0.3) is 0 Å². The number of piperidine rings is 1. The van der Waals surface area contributed by atoms with E-state index in [-0.39, 0.29) is 36.3 Å². The molecule has 1 aliphatic carbocycles. The van der Waals surface area contributed by atoms with Crippen molar-refractivity contribution in [1.82, 2.24) is 4.90 Å². The molecule has 36 heavy (non-hydrogen) atoms. The summed E-state index contributed by atoms with van der Waals surface area (Å²) in [7, 11) is 0. The van der Waals surface area contributed by atoms with Gasteiger partial charge in [0, 0.05) is 12.0 Å². The summed E-state index contributed by atoms with van der Waals surface area (Å²) in [6, 6.07) is 20.6. The van der Waals surface area contributed by atoms with E-state index in [9.17, 15) is 19.1 Å². The lowest BCUT2D eigenvalue weighted by Crippen LogP contribution is -2.51. The minimum absolute atomic E-state index is 0.00531.